The van der Waals surface area contributed by atoms with Crippen LogP contribution in [0.1, 0.15) is 18.2 Å². The van der Waals surface area contributed by atoms with Crippen molar-refractivity contribution in [2.45, 2.75) is 12.3 Å². The molecule has 0 radical (unpaired) electrons. The van der Waals surface area contributed by atoms with Crippen molar-refractivity contribution in [2.75, 3.05) is 0 Å². The molecule has 11 aromatic rings. The molecule has 1 aliphatic rings. The first kappa shape index (κ1) is 32.6. The Morgan fingerprint density at radius 2 is 1.28 bits per heavy atom. The van der Waals surface area contributed by atoms with Gasteiger partial charge in [0.1, 0.15) is 17.0 Å². The quantitative estimate of drug-likeness (QED) is 0.176. The molecule has 0 amide bonds. The van der Waals surface area contributed by atoms with E-state index in [1.807, 2.05) is 30.3 Å². The van der Waals surface area contributed by atoms with E-state index in [2.05, 4.69) is 162 Å². The minimum atomic E-state index is 0.0809. The normalized spacial score (nSPS) is 14.2. The smallest absolute Gasteiger partial charge is 0.164 e. The van der Waals surface area contributed by atoms with Gasteiger partial charge in [-0.1, -0.05) is 133 Å². The second-order valence-electron chi connectivity index (χ2n) is 15.2. The molecule has 0 saturated heterocycles. The maximum Gasteiger partial charge on any atom is 0.164 e. The molecule has 0 N–H and O–H groups in total. The highest BCUT2D eigenvalue weighted by atomic mass is 16.3. The number of allylic oxidation sites excluding steroid dienone is 4. The van der Waals surface area contributed by atoms with E-state index in [4.69, 9.17) is 19.4 Å². The Morgan fingerprint density at radius 1 is 0.483 bits per heavy atom. The summed E-state index contributed by atoms with van der Waals surface area (Å²) in [5.41, 5.74) is 9.28. The lowest BCUT2D eigenvalue weighted by Crippen LogP contribution is -2.07. The number of para-hydroxylation sites is 1. The number of benzene rings is 8. The summed E-state index contributed by atoms with van der Waals surface area (Å²) in [7, 11) is 0. The van der Waals surface area contributed by atoms with Crippen LogP contribution in [0.4, 0.5) is 0 Å². The van der Waals surface area contributed by atoms with E-state index in [9.17, 15) is 0 Å². The maximum absolute atomic E-state index is 6.61. The molecule has 5 nitrogen and oxygen atoms in total. The molecule has 1 unspecified atom stereocenters. The summed E-state index contributed by atoms with van der Waals surface area (Å²) in [5, 5.41) is 9.40. The number of furan rings is 1. The van der Waals surface area contributed by atoms with Gasteiger partial charge in [-0.25, -0.2) is 15.0 Å². The summed E-state index contributed by atoms with van der Waals surface area (Å²) in [5.74, 6) is 2.16. The first-order valence-electron chi connectivity index (χ1n) is 19.8. The van der Waals surface area contributed by atoms with Crippen LogP contribution in [0.15, 0.2) is 193 Å². The Hall–Kier alpha value is -7.63. The SMILES string of the molecule is C1=CCC(c2nc(-c3ccccc3)nc(-c3cccc4oc5cc(-c6ccc7ccc(-n8c9ccccc9c9cc%10ccccc%10cc98)cc7c6)ccc5c34)n2)C=C1. The van der Waals surface area contributed by atoms with Crippen molar-refractivity contribution in [3.8, 4) is 39.6 Å². The molecule has 0 spiro atoms. The van der Waals surface area contributed by atoms with Crippen LogP contribution in [0.2, 0.25) is 0 Å². The summed E-state index contributed by atoms with van der Waals surface area (Å²) in [6.45, 7) is 0. The minimum absolute atomic E-state index is 0.0809. The first-order chi connectivity index (χ1) is 28.7. The Balaban J connectivity index is 0.967. The monoisotopic (exact) mass is 742 g/mol. The Bertz CT molecular complexity index is 3500. The van der Waals surface area contributed by atoms with Crippen molar-refractivity contribution in [1.82, 2.24) is 19.5 Å². The van der Waals surface area contributed by atoms with E-state index in [0.717, 1.165) is 62.1 Å². The molecule has 272 valence electrons. The van der Waals surface area contributed by atoms with Gasteiger partial charge in [-0.15, -0.1) is 0 Å². The van der Waals surface area contributed by atoms with Crippen LogP contribution in [0.25, 0.3) is 105 Å². The molecule has 0 bridgehead atoms. The fourth-order valence-electron chi connectivity index (χ4n) is 8.84. The summed E-state index contributed by atoms with van der Waals surface area (Å²) in [4.78, 5) is 15.1. The van der Waals surface area contributed by atoms with Gasteiger partial charge in [0.15, 0.2) is 11.6 Å². The second-order valence-corrected chi connectivity index (χ2v) is 15.2. The summed E-state index contributed by atoms with van der Waals surface area (Å²) in [6, 6.07) is 58.3. The summed E-state index contributed by atoms with van der Waals surface area (Å²) in [6.07, 6.45) is 9.34. The summed E-state index contributed by atoms with van der Waals surface area (Å²) >= 11 is 0. The third-order valence-electron chi connectivity index (χ3n) is 11.7. The maximum atomic E-state index is 6.61. The lowest BCUT2D eigenvalue weighted by atomic mass is 9.98. The third-order valence-corrected chi connectivity index (χ3v) is 11.7. The van der Waals surface area contributed by atoms with Gasteiger partial charge in [-0.2, -0.15) is 0 Å². The molecule has 12 rings (SSSR count). The Labute approximate surface area is 333 Å². The lowest BCUT2D eigenvalue weighted by molar-refractivity contribution is 0.669. The zero-order valence-electron chi connectivity index (χ0n) is 31.4. The average molecular weight is 743 g/mol. The second kappa shape index (κ2) is 13.0. The largest absolute Gasteiger partial charge is 0.456 e. The number of hydrogen-bond acceptors (Lipinski definition) is 4. The minimum Gasteiger partial charge on any atom is -0.456 e. The highest BCUT2D eigenvalue weighted by Gasteiger charge is 2.21. The Morgan fingerprint density at radius 3 is 2.17 bits per heavy atom. The molecule has 0 aliphatic heterocycles. The molecule has 3 heterocycles. The molecule has 58 heavy (non-hydrogen) atoms. The van der Waals surface area contributed by atoms with Crippen molar-refractivity contribution in [3.63, 3.8) is 0 Å². The molecule has 5 heteroatoms. The van der Waals surface area contributed by atoms with Crippen LogP contribution in [-0.4, -0.2) is 19.5 Å². The van der Waals surface area contributed by atoms with Crippen LogP contribution in [0.3, 0.4) is 0 Å². The van der Waals surface area contributed by atoms with Crippen LogP contribution >= 0.6 is 0 Å². The van der Waals surface area contributed by atoms with Crippen LogP contribution < -0.4 is 0 Å². The molecular weight excluding hydrogens is 709 g/mol. The van der Waals surface area contributed by atoms with Crippen molar-refractivity contribution < 1.29 is 4.42 Å². The van der Waals surface area contributed by atoms with Crippen molar-refractivity contribution in [2.24, 2.45) is 0 Å². The van der Waals surface area contributed by atoms with Gasteiger partial charge in [0.05, 0.1) is 11.0 Å². The molecule has 0 fully saturated rings. The highest BCUT2D eigenvalue weighted by molar-refractivity contribution is 6.14. The van der Waals surface area contributed by atoms with Gasteiger partial charge in [0.2, 0.25) is 0 Å². The van der Waals surface area contributed by atoms with Crippen molar-refractivity contribution in [3.05, 3.63) is 194 Å². The van der Waals surface area contributed by atoms with Gasteiger partial charge in [0.25, 0.3) is 0 Å². The van der Waals surface area contributed by atoms with E-state index in [1.165, 1.54) is 43.4 Å². The van der Waals surface area contributed by atoms with E-state index in [0.29, 0.717) is 11.6 Å². The van der Waals surface area contributed by atoms with E-state index in [1.54, 1.807) is 0 Å². The molecule has 8 aromatic carbocycles. The van der Waals surface area contributed by atoms with Gasteiger partial charge in [-0.3, -0.25) is 0 Å². The predicted octanol–water partition coefficient (Wildman–Crippen LogP) is 13.8. The fourth-order valence-corrected chi connectivity index (χ4v) is 8.84. The molecule has 1 aliphatic carbocycles. The van der Waals surface area contributed by atoms with Gasteiger partial charge >= 0.3 is 0 Å². The zero-order chi connectivity index (χ0) is 38.2. The molecule has 1 atom stereocenters. The average Bonchev–Trinajstić information content (AvgIpc) is 3.83. The van der Waals surface area contributed by atoms with Gasteiger partial charge in [-0.05, 0) is 93.7 Å². The van der Waals surface area contributed by atoms with Gasteiger partial charge < -0.3 is 8.98 Å². The van der Waals surface area contributed by atoms with E-state index in [-0.39, 0.29) is 5.92 Å². The van der Waals surface area contributed by atoms with Crippen molar-refractivity contribution >= 4 is 65.3 Å². The number of aromatic nitrogens is 4. The molecule has 3 aromatic heterocycles. The van der Waals surface area contributed by atoms with Crippen molar-refractivity contribution in [1.29, 1.82) is 0 Å². The number of nitrogens with zero attached hydrogens (tertiary/aromatic N) is 4. The Kier molecular flexibility index (Phi) is 7.29. The zero-order valence-corrected chi connectivity index (χ0v) is 31.4. The standard InChI is InChI=1S/C53H34N4O/c1-3-12-34(13-4-1)51-54-52(35-14-5-2-6-15-35)56-53(55-51)44-19-11-21-48-50(44)43-27-25-39(32-49(43)58-48)38-23-22-33-24-26-41(29-40(33)28-38)57-46-20-10-9-18-42(46)45-30-36-16-7-8-17-37(36)31-47(45)57/h1-14,16-32,35H,15H2. The highest BCUT2D eigenvalue weighted by Crippen LogP contribution is 2.40. The molecular formula is C53H34N4O. The first-order valence-corrected chi connectivity index (χ1v) is 19.8. The fraction of sp³-hybridized carbons (Fsp3) is 0.0377. The topological polar surface area (TPSA) is 56.7 Å². The number of hydrogen-bond donors (Lipinski definition) is 0. The van der Waals surface area contributed by atoms with E-state index < -0.39 is 0 Å². The third kappa shape index (κ3) is 5.28. The van der Waals surface area contributed by atoms with Crippen LogP contribution in [0, 0.1) is 0 Å². The summed E-state index contributed by atoms with van der Waals surface area (Å²) < 4.78 is 9.02. The van der Waals surface area contributed by atoms with Gasteiger partial charge in [0, 0.05) is 44.3 Å². The lowest BCUT2D eigenvalue weighted by Gasteiger charge is -2.14. The molecule has 0 saturated carbocycles. The predicted molar refractivity (Wildman–Crippen MR) is 238 cm³/mol. The van der Waals surface area contributed by atoms with Crippen LogP contribution in [-0.2, 0) is 0 Å². The number of fused-ring (bicyclic) bond motifs is 8. The van der Waals surface area contributed by atoms with Crippen LogP contribution in [0.5, 0.6) is 0 Å². The number of rotatable bonds is 5. The van der Waals surface area contributed by atoms with E-state index >= 15 is 0 Å².